The molecule has 0 atom stereocenters. The minimum atomic E-state index is -0.271. The lowest BCUT2D eigenvalue weighted by molar-refractivity contribution is -0.132. The zero-order valence-electron chi connectivity index (χ0n) is 22.2. The van der Waals surface area contributed by atoms with Gasteiger partial charge in [-0.1, -0.05) is 116 Å². The third-order valence-corrected chi connectivity index (χ3v) is 5.96. The van der Waals surface area contributed by atoms with Crippen molar-refractivity contribution in [3.05, 3.63) is 24.5 Å². The largest absolute Gasteiger partial charge is 0.432 e. The molecule has 0 spiro atoms. The van der Waals surface area contributed by atoms with Gasteiger partial charge in [-0.05, 0) is 38.2 Å². The molecule has 0 aromatic rings. The van der Waals surface area contributed by atoms with Gasteiger partial charge in [-0.15, -0.1) is 11.8 Å². The fourth-order valence-electron chi connectivity index (χ4n) is 3.81. The highest BCUT2D eigenvalue weighted by molar-refractivity contribution is 5.82. The Bertz CT molecular complexity index is 521. The summed E-state index contributed by atoms with van der Waals surface area (Å²) in [5, 5.41) is 0. The first-order valence-electron chi connectivity index (χ1n) is 14.3. The van der Waals surface area contributed by atoms with E-state index in [1.54, 1.807) is 6.08 Å². The molecule has 0 N–H and O–H groups in total. The van der Waals surface area contributed by atoms with Gasteiger partial charge in [0.15, 0.2) is 0 Å². The predicted molar refractivity (Wildman–Crippen MR) is 145 cm³/mol. The highest BCUT2D eigenvalue weighted by Gasteiger charge is 1.95. The second kappa shape index (κ2) is 28.5. The Morgan fingerprint density at radius 1 is 0.576 bits per heavy atom. The first-order chi connectivity index (χ1) is 16.3. The molecule has 0 amide bonds. The summed E-state index contributed by atoms with van der Waals surface area (Å²) in [6.45, 7) is 4.51. The maximum absolute atomic E-state index is 11.7. The number of rotatable bonds is 23. The SMILES string of the molecule is CCCCCCC#CCCC/C=C\OC(=O)/C=C\CCCCCCCCCCCCCCC. The predicted octanol–water partition coefficient (Wildman–Crippen LogP) is 10.2. The van der Waals surface area contributed by atoms with E-state index in [0.717, 1.165) is 38.5 Å². The molecular weight excluding hydrogens is 404 g/mol. The average molecular weight is 459 g/mol. The summed E-state index contributed by atoms with van der Waals surface area (Å²) in [5.41, 5.74) is 0. The van der Waals surface area contributed by atoms with Crippen molar-refractivity contribution in [1.82, 2.24) is 0 Å². The number of ether oxygens (including phenoxy) is 1. The molecule has 2 heteroatoms. The Kier molecular flexibility index (Phi) is 27.3. The van der Waals surface area contributed by atoms with Gasteiger partial charge in [0.2, 0.25) is 0 Å². The van der Waals surface area contributed by atoms with Crippen LogP contribution >= 0.6 is 0 Å². The van der Waals surface area contributed by atoms with Crippen molar-refractivity contribution in [1.29, 1.82) is 0 Å². The lowest BCUT2D eigenvalue weighted by atomic mass is 10.0. The molecule has 190 valence electrons. The molecule has 2 nitrogen and oxygen atoms in total. The number of esters is 1. The lowest BCUT2D eigenvalue weighted by Crippen LogP contribution is -1.93. The van der Waals surface area contributed by atoms with Crippen molar-refractivity contribution in [2.45, 2.75) is 155 Å². The van der Waals surface area contributed by atoms with Crippen molar-refractivity contribution in [3.8, 4) is 11.8 Å². The molecule has 0 rings (SSSR count). The van der Waals surface area contributed by atoms with Crippen LogP contribution in [0.4, 0.5) is 0 Å². The van der Waals surface area contributed by atoms with Gasteiger partial charge in [0.25, 0.3) is 0 Å². The van der Waals surface area contributed by atoms with E-state index in [0.29, 0.717) is 0 Å². The second-order valence-corrected chi connectivity index (χ2v) is 9.30. The molecule has 0 aliphatic carbocycles. The van der Waals surface area contributed by atoms with E-state index in [1.165, 1.54) is 109 Å². The third kappa shape index (κ3) is 28.5. The first kappa shape index (κ1) is 31.5. The van der Waals surface area contributed by atoms with Crippen molar-refractivity contribution >= 4 is 5.97 Å². The van der Waals surface area contributed by atoms with E-state index >= 15 is 0 Å². The summed E-state index contributed by atoms with van der Waals surface area (Å²) >= 11 is 0. The highest BCUT2D eigenvalue weighted by atomic mass is 16.5. The molecule has 33 heavy (non-hydrogen) atoms. The van der Waals surface area contributed by atoms with Crippen LogP contribution in [0.25, 0.3) is 0 Å². The van der Waals surface area contributed by atoms with Crippen LogP contribution in [0.3, 0.4) is 0 Å². The standard InChI is InChI=1S/C31H54O2/c1-3-5-7-9-11-13-15-16-17-18-19-21-23-25-27-29-31(32)33-30-28-26-24-22-20-14-12-10-8-6-4-2/h27-30H,3-13,15-19,21-26H2,1-2H3/b29-27-,30-28-. The molecule has 0 bridgehead atoms. The molecular formula is C31H54O2. The number of hydrogen-bond acceptors (Lipinski definition) is 2. The van der Waals surface area contributed by atoms with Crippen LogP contribution in [0.15, 0.2) is 24.5 Å². The summed E-state index contributed by atoms with van der Waals surface area (Å²) in [4.78, 5) is 11.7. The van der Waals surface area contributed by atoms with Crippen LogP contribution in [0.1, 0.15) is 155 Å². The van der Waals surface area contributed by atoms with E-state index in [1.807, 2.05) is 12.2 Å². The van der Waals surface area contributed by atoms with Crippen molar-refractivity contribution in [2.75, 3.05) is 0 Å². The Hall–Kier alpha value is -1.49. The van der Waals surface area contributed by atoms with Crippen LogP contribution in [-0.2, 0) is 9.53 Å². The number of carbonyl (C=O) groups excluding carboxylic acids is 1. The molecule has 0 aliphatic heterocycles. The molecule has 0 aliphatic rings. The summed E-state index contributed by atoms with van der Waals surface area (Å²) in [7, 11) is 0. The molecule has 0 heterocycles. The normalized spacial score (nSPS) is 11.2. The summed E-state index contributed by atoms with van der Waals surface area (Å²) in [6, 6.07) is 0. The van der Waals surface area contributed by atoms with Gasteiger partial charge in [-0.3, -0.25) is 0 Å². The monoisotopic (exact) mass is 458 g/mol. The maximum Gasteiger partial charge on any atom is 0.335 e. The number of carbonyl (C=O) groups is 1. The zero-order chi connectivity index (χ0) is 24.1. The van der Waals surface area contributed by atoms with Gasteiger partial charge in [-0.25, -0.2) is 4.79 Å². The Morgan fingerprint density at radius 3 is 1.61 bits per heavy atom. The van der Waals surface area contributed by atoms with E-state index in [4.69, 9.17) is 4.74 Å². The van der Waals surface area contributed by atoms with Gasteiger partial charge in [0, 0.05) is 18.9 Å². The molecule has 0 saturated carbocycles. The van der Waals surface area contributed by atoms with Crippen LogP contribution < -0.4 is 0 Å². The van der Waals surface area contributed by atoms with Gasteiger partial charge < -0.3 is 4.74 Å². The number of hydrogen-bond donors (Lipinski definition) is 0. The van der Waals surface area contributed by atoms with E-state index in [2.05, 4.69) is 25.7 Å². The minimum absolute atomic E-state index is 0.271. The van der Waals surface area contributed by atoms with Gasteiger partial charge in [0.1, 0.15) is 0 Å². The quantitative estimate of drug-likeness (QED) is 0.0500. The number of allylic oxidation sites excluding steroid dienone is 2. The summed E-state index contributed by atoms with van der Waals surface area (Å²) in [5.74, 6) is 6.21. The molecule has 0 fully saturated rings. The van der Waals surface area contributed by atoms with Crippen LogP contribution in [0.5, 0.6) is 0 Å². The van der Waals surface area contributed by atoms with Crippen molar-refractivity contribution in [3.63, 3.8) is 0 Å². The van der Waals surface area contributed by atoms with Gasteiger partial charge in [-0.2, -0.15) is 0 Å². The molecule has 0 unspecified atom stereocenters. The number of unbranched alkanes of at least 4 members (excludes halogenated alkanes) is 19. The fourth-order valence-corrected chi connectivity index (χ4v) is 3.81. The van der Waals surface area contributed by atoms with Crippen molar-refractivity contribution in [2.24, 2.45) is 0 Å². The van der Waals surface area contributed by atoms with E-state index < -0.39 is 0 Å². The Balaban J connectivity index is 3.37. The summed E-state index contributed by atoms with van der Waals surface area (Å²) < 4.78 is 5.10. The van der Waals surface area contributed by atoms with E-state index in [-0.39, 0.29) is 5.97 Å². The molecule has 0 saturated heterocycles. The summed E-state index contributed by atoms with van der Waals surface area (Å²) in [6.07, 6.45) is 34.7. The fraction of sp³-hybridized carbons (Fsp3) is 0.774. The maximum atomic E-state index is 11.7. The third-order valence-electron chi connectivity index (χ3n) is 5.96. The topological polar surface area (TPSA) is 26.3 Å². The van der Waals surface area contributed by atoms with Gasteiger partial charge in [0.05, 0.1) is 6.26 Å². The van der Waals surface area contributed by atoms with Crippen LogP contribution in [0, 0.1) is 11.8 Å². The Labute approximate surface area is 207 Å². The lowest BCUT2D eigenvalue weighted by Gasteiger charge is -2.02. The first-order valence-corrected chi connectivity index (χ1v) is 14.3. The average Bonchev–Trinajstić information content (AvgIpc) is 2.82. The van der Waals surface area contributed by atoms with Crippen LogP contribution in [0.2, 0.25) is 0 Å². The molecule has 0 aromatic heterocycles. The molecule has 0 aromatic carbocycles. The minimum Gasteiger partial charge on any atom is -0.432 e. The van der Waals surface area contributed by atoms with Gasteiger partial charge >= 0.3 is 5.97 Å². The van der Waals surface area contributed by atoms with E-state index in [9.17, 15) is 4.79 Å². The second-order valence-electron chi connectivity index (χ2n) is 9.30. The smallest absolute Gasteiger partial charge is 0.335 e. The zero-order valence-corrected chi connectivity index (χ0v) is 22.2. The highest BCUT2D eigenvalue weighted by Crippen LogP contribution is 2.13. The van der Waals surface area contributed by atoms with Crippen molar-refractivity contribution < 1.29 is 9.53 Å². The molecule has 0 radical (unpaired) electrons. The van der Waals surface area contributed by atoms with Crippen LogP contribution in [-0.4, -0.2) is 5.97 Å². The Morgan fingerprint density at radius 2 is 1.03 bits per heavy atom.